The maximum Gasteiger partial charge on any atom is 0.162 e. The van der Waals surface area contributed by atoms with E-state index in [1.807, 2.05) is 38.4 Å². The minimum atomic E-state index is -0.0150. The molecule has 0 radical (unpaired) electrons. The number of nitrogens with zero attached hydrogens (tertiary/aromatic N) is 3. The van der Waals surface area contributed by atoms with Gasteiger partial charge in [0.25, 0.3) is 0 Å². The zero-order chi connectivity index (χ0) is 23.0. The van der Waals surface area contributed by atoms with Gasteiger partial charge < -0.3 is 11.1 Å². The minimum Gasteiger partial charge on any atom is -0.403 e. The fraction of sp³-hybridized carbons (Fsp3) is 0.360. The van der Waals surface area contributed by atoms with Gasteiger partial charge in [-0.2, -0.15) is 0 Å². The van der Waals surface area contributed by atoms with E-state index in [1.54, 1.807) is 26.4 Å². The zero-order valence-electron chi connectivity index (χ0n) is 19.4. The second kappa shape index (κ2) is 11.2. The normalized spacial score (nSPS) is 13.8. The average Bonchev–Trinajstić information content (AvgIpc) is 2.77. The number of hydrogen-bond donors (Lipinski definition) is 2. The molecule has 0 aliphatic rings. The van der Waals surface area contributed by atoms with Crippen LogP contribution in [0.5, 0.6) is 0 Å². The van der Waals surface area contributed by atoms with Crippen LogP contribution in [0, 0.1) is 6.92 Å². The van der Waals surface area contributed by atoms with Crippen LogP contribution in [0.25, 0.3) is 16.8 Å². The van der Waals surface area contributed by atoms with Crippen molar-refractivity contribution in [1.82, 2.24) is 15.3 Å². The molecule has 0 aliphatic carbocycles. The van der Waals surface area contributed by atoms with Gasteiger partial charge in [-0.05, 0) is 61.4 Å². The van der Waals surface area contributed by atoms with Gasteiger partial charge in [-0.25, -0.2) is 0 Å². The van der Waals surface area contributed by atoms with Crippen molar-refractivity contribution < 1.29 is 4.79 Å². The topological polar surface area (TPSA) is 93.3 Å². The van der Waals surface area contributed by atoms with Gasteiger partial charge in [0, 0.05) is 54.9 Å². The monoisotopic (exact) mass is 419 g/mol. The number of aryl methyl sites for hydroxylation is 1. The lowest BCUT2D eigenvalue weighted by atomic mass is 9.87. The Balaban J connectivity index is 2.80. The predicted octanol–water partition coefficient (Wildman–Crippen LogP) is 4.77. The Morgan fingerprint density at radius 1 is 1.32 bits per heavy atom. The molecular formula is C25H33N5O. The first kappa shape index (κ1) is 24.0. The molecule has 0 saturated heterocycles. The van der Waals surface area contributed by atoms with Crippen LogP contribution in [0.4, 0.5) is 0 Å². The first-order valence-corrected chi connectivity index (χ1v) is 10.6. The Morgan fingerprint density at radius 2 is 2.06 bits per heavy atom. The molecule has 2 aromatic heterocycles. The Kier molecular flexibility index (Phi) is 8.67. The smallest absolute Gasteiger partial charge is 0.162 e. The second-order valence-corrected chi connectivity index (χ2v) is 7.55. The Hall–Kier alpha value is -3.28. The maximum atomic E-state index is 12.9. The molecule has 2 rings (SSSR count). The van der Waals surface area contributed by atoms with Crippen molar-refractivity contribution in [1.29, 1.82) is 0 Å². The van der Waals surface area contributed by atoms with Crippen LogP contribution in [-0.2, 0) is 4.79 Å². The minimum absolute atomic E-state index is 0.0150. The molecule has 1 atom stereocenters. The van der Waals surface area contributed by atoms with Crippen molar-refractivity contribution in [2.24, 2.45) is 10.7 Å². The summed E-state index contributed by atoms with van der Waals surface area (Å²) in [5.74, 6) is 0.236. The van der Waals surface area contributed by atoms with Crippen molar-refractivity contribution in [3.05, 3.63) is 65.0 Å². The summed E-state index contributed by atoms with van der Waals surface area (Å²) in [5.41, 5.74) is 12.6. The quantitative estimate of drug-likeness (QED) is 0.451. The highest BCUT2D eigenvalue weighted by Gasteiger charge is 2.21. The summed E-state index contributed by atoms with van der Waals surface area (Å²) < 4.78 is 0. The molecule has 0 saturated carbocycles. The summed E-state index contributed by atoms with van der Waals surface area (Å²) in [7, 11) is 1.68. The van der Waals surface area contributed by atoms with Gasteiger partial charge in [-0.1, -0.05) is 20.8 Å². The van der Waals surface area contributed by atoms with E-state index >= 15 is 0 Å². The van der Waals surface area contributed by atoms with E-state index in [0.29, 0.717) is 17.7 Å². The van der Waals surface area contributed by atoms with Crippen LogP contribution in [0.3, 0.4) is 0 Å². The number of ketones is 1. The molecule has 6 nitrogen and oxygen atoms in total. The highest BCUT2D eigenvalue weighted by Crippen LogP contribution is 2.33. The molecule has 2 heterocycles. The molecule has 0 fully saturated rings. The Labute approximate surface area is 185 Å². The molecule has 0 bridgehead atoms. The Bertz CT molecular complexity index is 1020. The number of carbonyl (C=O) groups is 1. The molecule has 3 N–H and O–H groups in total. The maximum absolute atomic E-state index is 12.9. The summed E-state index contributed by atoms with van der Waals surface area (Å²) in [6.45, 7) is 9.93. The lowest BCUT2D eigenvalue weighted by Crippen LogP contribution is -2.19. The summed E-state index contributed by atoms with van der Waals surface area (Å²) in [6, 6.07) is 3.97. The van der Waals surface area contributed by atoms with E-state index in [-0.39, 0.29) is 11.7 Å². The Morgan fingerprint density at radius 3 is 2.61 bits per heavy atom. The number of rotatable bonds is 9. The molecule has 164 valence electrons. The highest BCUT2D eigenvalue weighted by molar-refractivity contribution is 6.21. The third-order valence-electron chi connectivity index (χ3n) is 5.41. The molecule has 0 aliphatic heterocycles. The van der Waals surface area contributed by atoms with Crippen molar-refractivity contribution >= 4 is 17.6 Å². The summed E-state index contributed by atoms with van der Waals surface area (Å²) in [5, 5.41) is 3.30. The van der Waals surface area contributed by atoms with E-state index in [4.69, 9.17) is 10.7 Å². The number of aromatic nitrogens is 2. The van der Waals surface area contributed by atoms with Crippen molar-refractivity contribution in [2.45, 2.75) is 53.4 Å². The zero-order valence-corrected chi connectivity index (χ0v) is 19.4. The van der Waals surface area contributed by atoms with Gasteiger partial charge in [-0.15, -0.1) is 0 Å². The molecular weight excluding hydrogens is 386 g/mol. The van der Waals surface area contributed by atoms with Crippen LogP contribution in [0.15, 0.2) is 53.3 Å². The predicted molar refractivity (Wildman–Crippen MR) is 129 cm³/mol. The number of hydrogen-bond acceptors (Lipinski definition) is 6. The van der Waals surface area contributed by atoms with E-state index < -0.39 is 0 Å². The van der Waals surface area contributed by atoms with Crippen LogP contribution in [-0.4, -0.2) is 29.0 Å². The summed E-state index contributed by atoms with van der Waals surface area (Å²) >= 11 is 0. The van der Waals surface area contributed by atoms with E-state index in [1.165, 1.54) is 6.20 Å². The number of nitrogens with one attached hydrogen (secondary N) is 1. The van der Waals surface area contributed by atoms with Gasteiger partial charge >= 0.3 is 0 Å². The van der Waals surface area contributed by atoms with Gasteiger partial charge in [0.15, 0.2) is 5.78 Å². The average molecular weight is 420 g/mol. The molecule has 6 heteroatoms. The van der Waals surface area contributed by atoms with Crippen LogP contribution in [0.2, 0.25) is 0 Å². The number of nitrogens with two attached hydrogens (primary N) is 1. The number of allylic oxidation sites excluding steroid dienone is 3. The van der Waals surface area contributed by atoms with Gasteiger partial charge in [0.05, 0.1) is 11.4 Å². The van der Waals surface area contributed by atoms with Crippen LogP contribution < -0.4 is 11.1 Å². The second-order valence-electron chi connectivity index (χ2n) is 7.55. The van der Waals surface area contributed by atoms with E-state index in [2.05, 4.69) is 29.1 Å². The van der Waals surface area contributed by atoms with Gasteiger partial charge in [0.1, 0.15) is 0 Å². The molecule has 0 aromatic carbocycles. The lowest BCUT2D eigenvalue weighted by molar-refractivity contribution is -0.111. The number of aliphatic imine (C=N–C) groups is 1. The van der Waals surface area contributed by atoms with E-state index in [9.17, 15) is 4.79 Å². The number of carbonyl (C=O) groups excluding carboxylic acids is 1. The summed E-state index contributed by atoms with van der Waals surface area (Å²) in [4.78, 5) is 26.0. The molecule has 1 unspecified atom stereocenters. The molecule has 2 aromatic rings. The van der Waals surface area contributed by atoms with Gasteiger partial charge in [0.2, 0.25) is 0 Å². The summed E-state index contributed by atoms with van der Waals surface area (Å²) in [6.07, 6.45) is 10.1. The lowest BCUT2D eigenvalue weighted by Gasteiger charge is -2.21. The van der Waals surface area contributed by atoms with Crippen molar-refractivity contribution in [3.63, 3.8) is 0 Å². The third kappa shape index (κ3) is 5.66. The molecule has 31 heavy (non-hydrogen) atoms. The first-order chi connectivity index (χ1) is 14.9. The van der Waals surface area contributed by atoms with Crippen LogP contribution >= 0.6 is 0 Å². The molecule has 0 spiro atoms. The van der Waals surface area contributed by atoms with Crippen LogP contribution in [0.1, 0.15) is 63.1 Å². The SMILES string of the molecule is CC/C(NC(C=NC)=CN)=C(/C(C)=O)c1cc(-c2cnccc2C)ncc1C(C)CC. The van der Waals surface area contributed by atoms with Crippen molar-refractivity contribution in [3.8, 4) is 11.3 Å². The van der Waals surface area contributed by atoms with Gasteiger partial charge in [-0.3, -0.25) is 19.8 Å². The van der Waals surface area contributed by atoms with E-state index in [0.717, 1.165) is 40.1 Å². The number of pyridine rings is 2. The number of Topliss-reactive ketones (excluding diaryl/α,β-unsaturated/α-hetero) is 1. The molecule has 0 amide bonds. The fourth-order valence-corrected chi connectivity index (χ4v) is 3.50. The fourth-order valence-electron chi connectivity index (χ4n) is 3.50. The largest absolute Gasteiger partial charge is 0.403 e. The highest BCUT2D eigenvalue weighted by atomic mass is 16.1. The van der Waals surface area contributed by atoms with Crippen molar-refractivity contribution in [2.75, 3.05) is 7.05 Å². The first-order valence-electron chi connectivity index (χ1n) is 10.6. The third-order valence-corrected chi connectivity index (χ3v) is 5.41. The standard InChI is InChI=1S/C25H33N5O/c1-7-16(3)21-15-29-24(22-14-28-10-9-17(22)4)11-20(21)25(18(5)31)23(8-2)30-19(12-26)13-27-6/h9-16,30H,7-8,26H2,1-6H3/b19-12?,25-23+,27-13?.